The van der Waals surface area contributed by atoms with Crippen molar-refractivity contribution in [1.29, 1.82) is 0 Å². The second kappa shape index (κ2) is 7.82. The molecule has 1 amide bonds. The standard InChI is InChI=1S/C19H24N2O5S/c1-13-4-5-16(19-14(2)15(3)20-26-19)12-17(13)27(23,24)11-6-18(22)21-7-9-25-10-8-21/h4-5,12H,6-11H2,1-3H3. The summed E-state index contributed by atoms with van der Waals surface area (Å²) in [7, 11) is -3.60. The number of sulfone groups is 1. The van der Waals surface area contributed by atoms with Gasteiger partial charge in [-0.2, -0.15) is 0 Å². The van der Waals surface area contributed by atoms with E-state index in [1.165, 1.54) is 0 Å². The molecule has 0 unspecified atom stereocenters. The highest BCUT2D eigenvalue weighted by molar-refractivity contribution is 7.91. The zero-order valence-corrected chi connectivity index (χ0v) is 16.6. The van der Waals surface area contributed by atoms with E-state index in [-0.39, 0.29) is 23.0 Å². The number of hydrogen-bond donors (Lipinski definition) is 0. The van der Waals surface area contributed by atoms with E-state index >= 15 is 0 Å². The fraction of sp³-hybridized carbons (Fsp3) is 0.474. The largest absolute Gasteiger partial charge is 0.378 e. The number of nitrogens with zero attached hydrogens (tertiary/aromatic N) is 2. The third kappa shape index (κ3) is 4.22. The molecule has 1 aliphatic heterocycles. The number of carbonyl (C=O) groups excluding carboxylic acids is 1. The van der Waals surface area contributed by atoms with Gasteiger partial charge in [0.05, 0.1) is 29.6 Å². The van der Waals surface area contributed by atoms with E-state index in [0.29, 0.717) is 43.2 Å². The molecule has 1 aromatic heterocycles. The SMILES string of the molecule is Cc1ccc(-c2onc(C)c2C)cc1S(=O)(=O)CCC(=O)N1CCOCC1. The van der Waals surface area contributed by atoms with E-state index in [9.17, 15) is 13.2 Å². The number of morpholine rings is 1. The first-order valence-electron chi connectivity index (χ1n) is 8.92. The quantitative estimate of drug-likeness (QED) is 0.776. The summed E-state index contributed by atoms with van der Waals surface area (Å²) in [4.78, 5) is 14.2. The Hall–Kier alpha value is -2.19. The molecule has 3 rings (SSSR count). The molecule has 1 fully saturated rings. The Balaban J connectivity index is 1.80. The van der Waals surface area contributed by atoms with Gasteiger partial charge in [-0.1, -0.05) is 17.3 Å². The van der Waals surface area contributed by atoms with Crippen LogP contribution in [0.2, 0.25) is 0 Å². The van der Waals surface area contributed by atoms with E-state index in [1.54, 1.807) is 24.0 Å². The second-order valence-electron chi connectivity index (χ2n) is 6.76. The van der Waals surface area contributed by atoms with Crippen molar-refractivity contribution in [2.45, 2.75) is 32.1 Å². The van der Waals surface area contributed by atoms with Gasteiger partial charge in [-0.25, -0.2) is 8.42 Å². The molecule has 2 heterocycles. The minimum Gasteiger partial charge on any atom is -0.378 e. The third-order valence-electron chi connectivity index (χ3n) is 4.89. The summed E-state index contributed by atoms with van der Waals surface area (Å²) in [5.74, 6) is 0.188. The van der Waals surface area contributed by atoms with Crippen molar-refractivity contribution in [3.8, 4) is 11.3 Å². The maximum atomic E-state index is 12.9. The molecule has 1 aromatic carbocycles. The maximum absolute atomic E-state index is 12.9. The molecule has 0 saturated carbocycles. The number of benzene rings is 1. The van der Waals surface area contributed by atoms with E-state index in [0.717, 1.165) is 11.3 Å². The first-order valence-corrected chi connectivity index (χ1v) is 10.6. The Labute approximate surface area is 159 Å². The summed E-state index contributed by atoms with van der Waals surface area (Å²) < 4.78 is 36.3. The Morgan fingerprint density at radius 2 is 1.89 bits per heavy atom. The smallest absolute Gasteiger partial charge is 0.223 e. The lowest BCUT2D eigenvalue weighted by Crippen LogP contribution is -2.41. The lowest BCUT2D eigenvalue weighted by Gasteiger charge is -2.26. The van der Waals surface area contributed by atoms with Crippen molar-refractivity contribution in [2.75, 3.05) is 32.1 Å². The zero-order valence-electron chi connectivity index (χ0n) is 15.8. The first-order chi connectivity index (χ1) is 12.8. The Morgan fingerprint density at radius 1 is 1.19 bits per heavy atom. The highest BCUT2D eigenvalue weighted by Gasteiger charge is 2.23. The Bertz CT molecular complexity index is 943. The van der Waals surface area contributed by atoms with Crippen molar-refractivity contribution < 1.29 is 22.5 Å². The molecule has 1 saturated heterocycles. The van der Waals surface area contributed by atoms with Gasteiger partial charge >= 0.3 is 0 Å². The van der Waals surface area contributed by atoms with Gasteiger partial charge < -0.3 is 14.2 Å². The molecule has 146 valence electrons. The lowest BCUT2D eigenvalue weighted by molar-refractivity contribution is -0.134. The molecule has 0 atom stereocenters. The number of aromatic nitrogens is 1. The average Bonchev–Trinajstić information content (AvgIpc) is 3.00. The Morgan fingerprint density at radius 3 is 2.52 bits per heavy atom. The van der Waals surface area contributed by atoms with Crippen LogP contribution in [0.1, 0.15) is 23.2 Å². The molecular weight excluding hydrogens is 368 g/mol. The molecular formula is C19H24N2O5S. The maximum Gasteiger partial charge on any atom is 0.223 e. The van der Waals surface area contributed by atoms with Gasteiger partial charge in [-0.05, 0) is 32.4 Å². The van der Waals surface area contributed by atoms with Gasteiger partial charge in [0.1, 0.15) is 0 Å². The van der Waals surface area contributed by atoms with Crippen LogP contribution in [-0.4, -0.2) is 56.4 Å². The second-order valence-corrected chi connectivity index (χ2v) is 8.84. The molecule has 7 nitrogen and oxygen atoms in total. The summed E-state index contributed by atoms with van der Waals surface area (Å²) >= 11 is 0. The van der Waals surface area contributed by atoms with E-state index < -0.39 is 9.84 Å². The van der Waals surface area contributed by atoms with Gasteiger partial charge in [0.15, 0.2) is 15.6 Å². The zero-order chi connectivity index (χ0) is 19.6. The molecule has 1 aliphatic rings. The summed E-state index contributed by atoms with van der Waals surface area (Å²) in [5, 5.41) is 3.93. The normalized spacial score (nSPS) is 15.1. The van der Waals surface area contributed by atoms with Crippen LogP contribution in [0.3, 0.4) is 0 Å². The van der Waals surface area contributed by atoms with Crippen LogP contribution in [0.25, 0.3) is 11.3 Å². The monoisotopic (exact) mass is 392 g/mol. The average molecular weight is 392 g/mol. The molecule has 0 spiro atoms. The van der Waals surface area contributed by atoms with Crippen molar-refractivity contribution in [1.82, 2.24) is 10.1 Å². The van der Waals surface area contributed by atoms with Crippen LogP contribution in [0.15, 0.2) is 27.6 Å². The van der Waals surface area contributed by atoms with Crippen LogP contribution in [0, 0.1) is 20.8 Å². The first kappa shape index (κ1) is 19.6. The minimum absolute atomic E-state index is 0.0353. The van der Waals surface area contributed by atoms with Crippen LogP contribution in [0.4, 0.5) is 0 Å². The third-order valence-corrected chi connectivity index (χ3v) is 6.74. The van der Waals surface area contributed by atoms with Gasteiger partial charge in [0, 0.05) is 30.6 Å². The predicted molar refractivity (Wildman–Crippen MR) is 100 cm³/mol. The molecule has 27 heavy (non-hydrogen) atoms. The summed E-state index contributed by atoms with van der Waals surface area (Å²) in [6, 6.07) is 5.18. The van der Waals surface area contributed by atoms with Gasteiger partial charge in [0.25, 0.3) is 0 Å². The van der Waals surface area contributed by atoms with Crippen molar-refractivity contribution in [2.24, 2.45) is 0 Å². The van der Waals surface area contributed by atoms with Crippen molar-refractivity contribution >= 4 is 15.7 Å². The van der Waals surface area contributed by atoms with E-state index in [1.807, 2.05) is 19.9 Å². The highest BCUT2D eigenvalue weighted by atomic mass is 32.2. The lowest BCUT2D eigenvalue weighted by atomic mass is 10.1. The van der Waals surface area contributed by atoms with E-state index in [4.69, 9.17) is 9.26 Å². The highest BCUT2D eigenvalue weighted by Crippen LogP contribution is 2.29. The van der Waals surface area contributed by atoms with Gasteiger partial charge in [-0.3, -0.25) is 4.79 Å². The summed E-state index contributed by atoms with van der Waals surface area (Å²) in [6.45, 7) is 7.49. The van der Waals surface area contributed by atoms with Crippen LogP contribution in [-0.2, 0) is 19.4 Å². The predicted octanol–water partition coefficient (Wildman–Crippen LogP) is 2.29. The number of aryl methyl sites for hydroxylation is 2. The van der Waals surface area contributed by atoms with Gasteiger partial charge in [0.2, 0.25) is 5.91 Å². The summed E-state index contributed by atoms with van der Waals surface area (Å²) in [5.41, 5.74) is 2.96. The Kier molecular flexibility index (Phi) is 5.67. The van der Waals surface area contributed by atoms with Crippen LogP contribution >= 0.6 is 0 Å². The fourth-order valence-corrected chi connectivity index (χ4v) is 4.59. The number of ether oxygens (including phenoxy) is 1. The van der Waals surface area contributed by atoms with Crippen LogP contribution in [0.5, 0.6) is 0 Å². The molecule has 8 heteroatoms. The van der Waals surface area contributed by atoms with Crippen LogP contribution < -0.4 is 0 Å². The molecule has 0 radical (unpaired) electrons. The molecule has 2 aromatic rings. The summed E-state index contributed by atoms with van der Waals surface area (Å²) in [6.07, 6.45) is -0.0353. The topological polar surface area (TPSA) is 89.7 Å². The number of rotatable bonds is 5. The molecule has 0 N–H and O–H groups in total. The van der Waals surface area contributed by atoms with Crippen molar-refractivity contribution in [3.05, 3.63) is 35.0 Å². The molecule has 0 aliphatic carbocycles. The van der Waals surface area contributed by atoms with Crippen molar-refractivity contribution in [3.63, 3.8) is 0 Å². The molecule has 0 bridgehead atoms. The number of hydrogen-bond acceptors (Lipinski definition) is 6. The number of amides is 1. The number of carbonyl (C=O) groups is 1. The fourth-order valence-electron chi connectivity index (χ4n) is 3.06. The minimum atomic E-state index is -3.60. The van der Waals surface area contributed by atoms with E-state index in [2.05, 4.69) is 5.16 Å². The van der Waals surface area contributed by atoms with Gasteiger partial charge in [-0.15, -0.1) is 0 Å².